The maximum Gasteiger partial charge on any atom is 0.152 e. The van der Waals surface area contributed by atoms with Crippen molar-refractivity contribution in [3.05, 3.63) is 0 Å². The SMILES string of the molecule is CNCC(=O)C12CC3CCC(CC(C3)C1)C2.Cl. The van der Waals surface area contributed by atoms with Crippen molar-refractivity contribution in [2.45, 2.75) is 44.9 Å². The molecular formula is C14H24ClNO. The number of Topliss-reactive ketones (excluding diaryl/α,β-unsaturated/α-hetero) is 1. The number of rotatable bonds is 3. The summed E-state index contributed by atoms with van der Waals surface area (Å²) in [5, 5.41) is 3.06. The second kappa shape index (κ2) is 4.89. The van der Waals surface area contributed by atoms with Gasteiger partial charge in [-0.1, -0.05) is 12.8 Å². The van der Waals surface area contributed by atoms with Gasteiger partial charge in [0.2, 0.25) is 0 Å². The fourth-order valence-corrected chi connectivity index (χ4v) is 4.88. The maximum absolute atomic E-state index is 12.4. The van der Waals surface area contributed by atoms with Gasteiger partial charge in [0.05, 0.1) is 6.54 Å². The number of fused-ring (bicyclic) bond motifs is 1. The topological polar surface area (TPSA) is 29.1 Å². The molecular weight excluding hydrogens is 234 g/mol. The van der Waals surface area contributed by atoms with E-state index in [1.54, 1.807) is 0 Å². The van der Waals surface area contributed by atoms with Gasteiger partial charge in [-0.25, -0.2) is 0 Å². The molecule has 4 aliphatic carbocycles. The zero-order valence-corrected chi connectivity index (χ0v) is 11.5. The largest absolute Gasteiger partial charge is 0.313 e. The first-order valence-corrected chi connectivity index (χ1v) is 6.90. The Hall–Kier alpha value is -0.0800. The van der Waals surface area contributed by atoms with Gasteiger partial charge in [0.1, 0.15) is 0 Å². The molecule has 0 aromatic rings. The molecule has 4 fully saturated rings. The van der Waals surface area contributed by atoms with E-state index >= 15 is 0 Å². The van der Waals surface area contributed by atoms with Crippen molar-refractivity contribution in [2.75, 3.05) is 13.6 Å². The minimum absolute atomic E-state index is 0. The first-order chi connectivity index (χ1) is 7.72. The molecule has 0 heterocycles. The van der Waals surface area contributed by atoms with Crippen LogP contribution in [0.25, 0.3) is 0 Å². The fraction of sp³-hybridized carbons (Fsp3) is 0.929. The van der Waals surface area contributed by atoms with Crippen molar-refractivity contribution in [3.8, 4) is 0 Å². The Bertz CT molecular complexity index is 289. The molecule has 0 spiro atoms. The summed E-state index contributed by atoms with van der Waals surface area (Å²) < 4.78 is 0. The second-order valence-electron chi connectivity index (χ2n) is 6.49. The van der Waals surface area contributed by atoms with Crippen molar-refractivity contribution >= 4 is 18.2 Å². The lowest BCUT2D eigenvalue weighted by molar-refractivity contribution is -0.135. The number of carbonyl (C=O) groups excluding carboxylic acids is 1. The van der Waals surface area contributed by atoms with Crippen LogP contribution in [0, 0.1) is 23.2 Å². The van der Waals surface area contributed by atoms with Gasteiger partial charge >= 0.3 is 0 Å². The maximum atomic E-state index is 12.4. The third-order valence-corrected chi connectivity index (χ3v) is 5.28. The predicted octanol–water partition coefficient (Wildman–Crippen LogP) is 2.80. The molecule has 0 radical (unpaired) electrons. The highest BCUT2D eigenvalue weighted by molar-refractivity contribution is 5.87. The van der Waals surface area contributed by atoms with Crippen molar-refractivity contribution in [1.29, 1.82) is 0 Å². The van der Waals surface area contributed by atoms with E-state index in [1.807, 2.05) is 7.05 Å². The normalized spacial score (nSPS) is 43.0. The average molecular weight is 258 g/mol. The molecule has 3 heteroatoms. The van der Waals surface area contributed by atoms with Gasteiger partial charge in [0, 0.05) is 5.41 Å². The van der Waals surface area contributed by atoms with Gasteiger partial charge < -0.3 is 5.32 Å². The lowest BCUT2D eigenvalue weighted by atomic mass is 9.57. The van der Waals surface area contributed by atoms with E-state index in [0.29, 0.717) is 12.3 Å². The van der Waals surface area contributed by atoms with Crippen LogP contribution in [-0.2, 0) is 4.79 Å². The molecule has 0 aliphatic heterocycles. The zero-order chi connectivity index (χ0) is 11.2. The highest BCUT2D eigenvalue weighted by atomic mass is 35.5. The third kappa shape index (κ3) is 2.26. The van der Waals surface area contributed by atoms with Gasteiger partial charge in [0.25, 0.3) is 0 Å². The van der Waals surface area contributed by atoms with Crippen LogP contribution >= 0.6 is 12.4 Å². The van der Waals surface area contributed by atoms with Gasteiger partial charge in [-0.2, -0.15) is 0 Å². The minimum Gasteiger partial charge on any atom is -0.313 e. The number of ketones is 1. The molecule has 4 rings (SSSR count). The molecule has 98 valence electrons. The molecule has 0 aromatic heterocycles. The summed E-state index contributed by atoms with van der Waals surface area (Å²) in [5.41, 5.74) is 0.0933. The molecule has 1 N–H and O–H groups in total. The molecule has 17 heavy (non-hydrogen) atoms. The quantitative estimate of drug-likeness (QED) is 0.843. The molecule has 2 nitrogen and oxygen atoms in total. The average Bonchev–Trinajstić information content (AvgIpc) is 2.46. The lowest BCUT2D eigenvalue weighted by Crippen LogP contribution is -2.46. The first kappa shape index (κ1) is 13.4. The number of carbonyl (C=O) groups is 1. The van der Waals surface area contributed by atoms with Crippen LogP contribution in [0.3, 0.4) is 0 Å². The number of likely N-dealkylation sites (N-methyl/N-ethyl adjacent to an activating group) is 1. The lowest BCUT2D eigenvalue weighted by Gasteiger charge is -2.47. The standard InChI is InChI=1S/C14H23NO.ClH/c1-15-9-13(16)14-6-10-2-3-11(7-14)5-12(4-10)8-14;/h10-12,15H,2-9H2,1H3;1H. The number of halogens is 1. The molecule has 4 saturated carbocycles. The highest BCUT2D eigenvalue weighted by Crippen LogP contribution is 2.57. The highest BCUT2D eigenvalue weighted by Gasteiger charge is 2.51. The Morgan fingerprint density at radius 2 is 1.65 bits per heavy atom. The Labute approximate surface area is 110 Å². The van der Waals surface area contributed by atoms with Crippen molar-refractivity contribution in [3.63, 3.8) is 0 Å². The molecule has 0 amide bonds. The molecule has 2 unspecified atom stereocenters. The first-order valence-electron chi connectivity index (χ1n) is 6.90. The van der Waals surface area contributed by atoms with Crippen molar-refractivity contribution < 1.29 is 4.79 Å². The van der Waals surface area contributed by atoms with Crippen LogP contribution < -0.4 is 5.32 Å². The second-order valence-corrected chi connectivity index (χ2v) is 6.49. The van der Waals surface area contributed by atoms with E-state index in [1.165, 1.54) is 44.9 Å². The monoisotopic (exact) mass is 257 g/mol. The summed E-state index contributed by atoms with van der Waals surface area (Å²) in [7, 11) is 1.90. The summed E-state index contributed by atoms with van der Waals surface area (Å²) in [6.45, 7) is 0.589. The predicted molar refractivity (Wildman–Crippen MR) is 71.4 cm³/mol. The van der Waals surface area contributed by atoms with E-state index in [-0.39, 0.29) is 17.8 Å². The summed E-state index contributed by atoms with van der Waals surface area (Å²) in [6, 6.07) is 0. The molecule has 0 aromatic carbocycles. The fourth-order valence-electron chi connectivity index (χ4n) is 4.88. The van der Waals surface area contributed by atoms with Crippen molar-refractivity contribution in [2.24, 2.45) is 23.2 Å². The van der Waals surface area contributed by atoms with Gasteiger partial charge in [-0.05, 0) is 56.9 Å². The van der Waals surface area contributed by atoms with Gasteiger partial charge in [0.15, 0.2) is 5.78 Å². The summed E-state index contributed by atoms with van der Waals surface area (Å²) in [4.78, 5) is 12.4. The van der Waals surface area contributed by atoms with Crippen LogP contribution in [-0.4, -0.2) is 19.4 Å². The Morgan fingerprint density at radius 1 is 1.12 bits per heavy atom. The van der Waals surface area contributed by atoms with Crippen LogP contribution in [0.5, 0.6) is 0 Å². The summed E-state index contributed by atoms with van der Waals surface area (Å²) >= 11 is 0. The zero-order valence-electron chi connectivity index (χ0n) is 10.7. The van der Waals surface area contributed by atoms with Gasteiger partial charge in [-0.3, -0.25) is 4.79 Å². The summed E-state index contributed by atoms with van der Waals surface area (Å²) in [5.74, 6) is 3.12. The Balaban J connectivity index is 0.00000108. The van der Waals surface area contributed by atoms with E-state index in [2.05, 4.69) is 5.32 Å². The number of hydrogen-bond acceptors (Lipinski definition) is 2. The van der Waals surface area contributed by atoms with E-state index in [4.69, 9.17) is 0 Å². The molecule has 4 bridgehead atoms. The smallest absolute Gasteiger partial charge is 0.152 e. The van der Waals surface area contributed by atoms with Crippen molar-refractivity contribution in [1.82, 2.24) is 5.32 Å². The van der Waals surface area contributed by atoms with Crippen LogP contribution in [0.2, 0.25) is 0 Å². The Morgan fingerprint density at radius 3 is 2.18 bits per heavy atom. The van der Waals surface area contributed by atoms with Crippen LogP contribution in [0.15, 0.2) is 0 Å². The molecule has 0 saturated heterocycles. The third-order valence-electron chi connectivity index (χ3n) is 5.28. The minimum atomic E-state index is 0. The Kier molecular flexibility index (Phi) is 3.84. The van der Waals surface area contributed by atoms with E-state index < -0.39 is 0 Å². The summed E-state index contributed by atoms with van der Waals surface area (Å²) in [6.07, 6.45) is 9.27. The van der Waals surface area contributed by atoms with Gasteiger partial charge in [-0.15, -0.1) is 12.4 Å². The molecule has 4 aliphatic rings. The molecule has 2 atom stereocenters. The van der Waals surface area contributed by atoms with E-state index in [9.17, 15) is 4.79 Å². The van der Waals surface area contributed by atoms with Crippen LogP contribution in [0.1, 0.15) is 44.9 Å². The number of hydrogen-bond donors (Lipinski definition) is 1. The van der Waals surface area contributed by atoms with Crippen LogP contribution in [0.4, 0.5) is 0 Å². The number of nitrogens with one attached hydrogen (secondary N) is 1. The van der Waals surface area contributed by atoms with E-state index in [0.717, 1.165) is 17.8 Å².